The van der Waals surface area contributed by atoms with Crippen LogP contribution in [0.1, 0.15) is 25.0 Å². The van der Waals surface area contributed by atoms with Crippen LogP contribution < -0.4 is 0 Å². The van der Waals surface area contributed by atoms with E-state index in [1.807, 2.05) is 6.92 Å². The quantitative estimate of drug-likeness (QED) is 0.715. The normalized spacial score (nSPS) is 10.6. The van der Waals surface area contributed by atoms with Crippen molar-refractivity contribution in [3.63, 3.8) is 0 Å². The zero-order valence-corrected chi connectivity index (χ0v) is 7.62. The summed E-state index contributed by atoms with van der Waals surface area (Å²) in [5, 5.41) is 16.6. The number of hydrogen-bond acceptors (Lipinski definition) is 3. The zero-order valence-electron chi connectivity index (χ0n) is 7.62. The molecule has 0 aliphatic heterocycles. The van der Waals surface area contributed by atoms with Crippen molar-refractivity contribution in [2.24, 2.45) is 0 Å². The van der Waals surface area contributed by atoms with E-state index in [1.54, 1.807) is 0 Å². The van der Waals surface area contributed by atoms with E-state index < -0.39 is 0 Å². The van der Waals surface area contributed by atoms with Crippen LogP contribution in [0.2, 0.25) is 0 Å². The Morgan fingerprint density at radius 3 is 2.75 bits per heavy atom. The van der Waals surface area contributed by atoms with Crippen molar-refractivity contribution < 1.29 is 5.11 Å². The molecule has 1 rings (SSSR count). The molecule has 0 saturated heterocycles. The molecule has 0 saturated carbocycles. The summed E-state index contributed by atoms with van der Waals surface area (Å²) in [5.41, 5.74) is 0. The minimum atomic E-state index is 0.218. The van der Waals surface area contributed by atoms with Crippen molar-refractivity contribution in [3.05, 3.63) is 11.6 Å². The molecule has 12 heavy (non-hydrogen) atoms. The molecule has 0 aliphatic carbocycles. The highest BCUT2D eigenvalue weighted by atomic mass is 16.2. The minimum Gasteiger partial charge on any atom is -0.396 e. The number of aryl methyl sites for hydroxylation is 2. The molecule has 0 bridgehead atoms. The van der Waals surface area contributed by atoms with Gasteiger partial charge in [0.15, 0.2) is 0 Å². The standard InChI is InChI=1S/C8H15N3O/c1-3-11-7(2)9-10-8(11)5-4-6-12/h12H,3-6H2,1-2H3. The largest absolute Gasteiger partial charge is 0.396 e. The Hall–Kier alpha value is -0.900. The fraction of sp³-hybridized carbons (Fsp3) is 0.750. The summed E-state index contributed by atoms with van der Waals surface area (Å²) in [6.45, 7) is 5.13. The molecule has 0 fully saturated rings. The van der Waals surface area contributed by atoms with Gasteiger partial charge in [0, 0.05) is 19.6 Å². The third-order valence-corrected chi connectivity index (χ3v) is 1.89. The molecule has 1 N–H and O–H groups in total. The van der Waals surface area contributed by atoms with Gasteiger partial charge < -0.3 is 9.67 Å². The van der Waals surface area contributed by atoms with E-state index in [-0.39, 0.29) is 6.61 Å². The number of nitrogens with zero attached hydrogens (tertiary/aromatic N) is 3. The van der Waals surface area contributed by atoms with E-state index in [0.29, 0.717) is 0 Å². The summed E-state index contributed by atoms with van der Waals surface area (Å²) in [6, 6.07) is 0. The Labute approximate surface area is 72.2 Å². The number of aromatic nitrogens is 3. The van der Waals surface area contributed by atoms with Gasteiger partial charge in [-0.1, -0.05) is 0 Å². The molecule has 1 aromatic rings. The first-order valence-corrected chi connectivity index (χ1v) is 4.29. The third-order valence-electron chi connectivity index (χ3n) is 1.89. The molecule has 0 spiro atoms. The lowest BCUT2D eigenvalue weighted by Gasteiger charge is -2.03. The maximum Gasteiger partial charge on any atom is 0.133 e. The summed E-state index contributed by atoms with van der Waals surface area (Å²) in [6.07, 6.45) is 1.57. The maximum absolute atomic E-state index is 8.64. The molecular weight excluding hydrogens is 154 g/mol. The minimum absolute atomic E-state index is 0.218. The molecule has 4 heteroatoms. The molecule has 4 nitrogen and oxygen atoms in total. The third kappa shape index (κ3) is 1.82. The van der Waals surface area contributed by atoms with E-state index in [2.05, 4.69) is 21.7 Å². The van der Waals surface area contributed by atoms with E-state index in [0.717, 1.165) is 31.0 Å². The molecule has 1 heterocycles. The van der Waals surface area contributed by atoms with Gasteiger partial charge in [0.25, 0.3) is 0 Å². The molecule has 1 aromatic heterocycles. The average Bonchev–Trinajstić information content (AvgIpc) is 2.43. The van der Waals surface area contributed by atoms with Crippen LogP contribution in [0.25, 0.3) is 0 Å². The van der Waals surface area contributed by atoms with Gasteiger partial charge in [-0.2, -0.15) is 0 Å². The second-order valence-corrected chi connectivity index (χ2v) is 2.73. The Kier molecular flexibility index (Phi) is 3.22. The predicted molar refractivity (Wildman–Crippen MR) is 45.8 cm³/mol. The molecule has 0 radical (unpaired) electrons. The van der Waals surface area contributed by atoms with Crippen LogP contribution in [0, 0.1) is 6.92 Å². The van der Waals surface area contributed by atoms with Crippen molar-refractivity contribution in [2.45, 2.75) is 33.2 Å². The van der Waals surface area contributed by atoms with Crippen molar-refractivity contribution in [1.29, 1.82) is 0 Å². The van der Waals surface area contributed by atoms with Crippen molar-refractivity contribution >= 4 is 0 Å². The fourth-order valence-electron chi connectivity index (χ4n) is 1.26. The lowest BCUT2D eigenvalue weighted by atomic mass is 10.3. The van der Waals surface area contributed by atoms with Gasteiger partial charge >= 0.3 is 0 Å². The molecule has 0 unspecified atom stereocenters. The SMILES string of the molecule is CCn1c(C)nnc1CCCO. The summed E-state index contributed by atoms with van der Waals surface area (Å²) < 4.78 is 2.07. The molecule has 68 valence electrons. The monoisotopic (exact) mass is 169 g/mol. The van der Waals surface area contributed by atoms with Crippen LogP contribution in [-0.2, 0) is 13.0 Å². The molecule has 0 aliphatic rings. The topological polar surface area (TPSA) is 50.9 Å². The number of rotatable bonds is 4. The van der Waals surface area contributed by atoms with Crippen LogP contribution in [0.3, 0.4) is 0 Å². The first-order valence-electron chi connectivity index (χ1n) is 4.29. The Bertz CT molecular complexity index is 244. The van der Waals surface area contributed by atoms with Gasteiger partial charge in [0.1, 0.15) is 11.6 Å². The molecule has 0 atom stereocenters. The van der Waals surface area contributed by atoms with E-state index in [9.17, 15) is 0 Å². The molecular formula is C8H15N3O. The molecule has 0 aromatic carbocycles. The lowest BCUT2D eigenvalue weighted by Crippen LogP contribution is -2.04. The van der Waals surface area contributed by atoms with Crippen molar-refractivity contribution in [3.8, 4) is 0 Å². The van der Waals surface area contributed by atoms with E-state index >= 15 is 0 Å². The van der Waals surface area contributed by atoms with Gasteiger partial charge in [-0.15, -0.1) is 10.2 Å². The smallest absolute Gasteiger partial charge is 0.133 e. The van der Waals surface area contributed by atoms with Crippen LogP contribution >= 0.6 is 0 Å². The van der Waals surface area contributed by atoms with Crippen LogP contribution in [0.15, 0.2) is 0 Å². The second kappa shape index (κ2) is 4.21. The highest BCUT2D eigenvalue weighted by molar-refractivity contribution is 4.93. The van der Waals surface area contributed by atoms with Crippen LogP contribution in [-0.4, -0.2) is 26.5 Å². The van der Waals surface area contributed by atoms with Crippen molar-refractivity contribution in [2.75, 3.05) is 6.61 Å². The summed E-state index contributed by atoms with van der Waals surface area (Å²) in [7, 11) is 0. The van der Waals surface area contributed by atoms with Crippen LogP contribution in [0.5, 0.6) is 0 Å². The number of aliphatic hydroxyl groups is 1. The Morgan fingerprint density at radius 1 is 1.42 bits per heavy atom. The predicted octanol–water partition coefficient (Wildman–Crippen LogP) is 0.531. The van der Waals surface area contributed by atoms with Crippen LogP contribution in [0.4, 0.5) is 0 Å². The van der Waals surface area contributed by atoms with E-state index in [4.69, 9.17) is 5.11 Å². The van der Waals surface area contributed by atoms with Gasteiger partial charge in [-0.05, 0) is 20.3 Å². The second-order valence-electron chi connectivity index (χ2n) is 2.73. The van der Waals surface area contributed by atoms with Gasteiger partial charge in [-0.3, -0.25) is 0 Å². The van der Waals surface area contributed by atoms with E-state index in [1.165, 1.54) is 0 Å². The first kappa shape index (κ1) is 9.19. The molecule has 0 amide bonds. The average molecular weight is 169 g/mol. The highest BCUT2D eigenvalue weighted by Crippen LogP contribution is 2.02. The Morgan fingerprint density at radius 2 is 2.17 bits per heavy atom. The zero-order chi connectivity index (χ0) is 8.97. The fourth-order valence-corrected chi connectivity index (χ4v) is 1.26. The Balaban J connectivity index is 2.70. The summed E-state index contributed by atoms with van der Waals surface area (Å²) in [4.78, 5) is 0. The lowest BCUT2D eigenvalue weighted by molar-refractivity contribution is 0.287. The van der Waals surface area contributed by atoms with Gasteiger partial charge in [0.05, 0.1) is 0 Å². The van der Waals surface area contributed by atoms with Crippen molar-refractivity contribution in [1.82, 2.24) is 14.8 Å². The maximum atomic E-state index is 8.64. The number of aliphatic hydroxyl groups excluding tert-OH is 1. The summed E-state index contributed by atoms with van der Waals surface area (Å²) in [5.74, 6) is 1.93. The summed E-state index contributed by atoms with van der Waals surface area (Å²) >= 11 is 0. The first-order chi connectivity index (χ1) is 5.79. The highest BCUT2D eigenvalue weighted by Gasteiger charge is 2.05. The van der Waals surface area contributed by atoms with Gasteiger partial charge in [-0.25, -0.2) is 0 Å². The van der Waals surface area contributed by atoms with Gasteiger partial charge in [0.2, 0.25) is 0 Å². The number of hydrogen-bond donors (Lipinski definition) is 1.